The lowest BCUT2D eigenvalue weighted by Crippen LogP contribution is -2.57. The number of urea groups is 1. The molecule has 5 rings (SSSR count). The molecule has 13 heteroatoms. The third kappa shape index (κ3) is 8.94. The van der Waals surface area contributed by atoms with Gasteiger partial charge in [-0.2, -0.15) is 0 Å². The number of amides is 3. The smallest absolute Gasteiger partial charge is 0.321 e. The second-order valence-electron chi connectivity index (χ2n) is 14.1. The van der Waals surface area contributed by atoms with E-state index < -0.39 is 34.1 Å². The van der Waals surface area contributed by atoms with Gasteiger partial charge < -0.3 is 29.5 Å². The van der Waals surface area contributed by atoms with Crippen LogP contribution in [0.2, 0.25) is 0 Å². The maximum absolute atomic E-state index is 14.2. The maximum Gasteiger partial charge on any atom is 0.321 e. The van der Waals surface area contributed by atoms with Gasteiger partial charge in [0, 0.05) is 26.7 Å². The van der Waals surface area contributed by atoms with Gasteiger partial charge in [0.2, 0.25) is 15.9 Å². The highest BCUT2D eigenvalue weighted by molar-refractivity contribution is 7.89. The molecule has 280 valence electrons. The van der Waals surface area contributed by atoms with Crippen LogP contribution in [0.15, 0.2) is 77.7 Å². The molecule has 4 atom stereocenters. The van der Waals surface area contributed by atoms with Gasteiger partial charge in [-0.05, 0) is 66.1 Å². The first-order valence-corrected chi connectivity index (χ1v) is 19.5. The molecule has 1 saturated heterocycles. The average molecular weight is 733 g/mol. The summed E-state index contributed by atoms with van der Waals surface area (Å²) >= 11 is 0. The fourth-order valence-electron chi connectivity index (χ4n) is 6.82. The normalized spacial score (nSPS) is 16.0. The predicted octanol–water partition coefficient (Wildman–Crippen LogP) is 4.50. The molecular weight excluding hydrogens is 681 g/mol. The maximum atomic E-state index is 14.2. The van der Waals surface area contributed by atoms with E-state index in [1.54, 1.807) is 21.9 Å². The predicted molar refractivity (Wildman–Crippen MR) is 201 cm³/mol. The SMILES string of the molecule is CC[C@H](C)[C@@H](C(=O)N[C@@H](Cc1ccccc1)[C@H](O)CNS(=O)(=O)c1ccc(OC)cc1CC(C)C)N1CCN(Cc2nc3ccccc3n2C)C1=O. The zero-order chi connectivity index (χ0) is 37.6. The lowest BCUT2D eigenvalue weighted by atomic mass is 9.95. The molecule has 1 aliphatic heterocycles. The minimum atomic E-state index is -4.03. The molecule has 1 aliphatic rings. The molecule has 2 heterocycles. The number of aromatic nitrogens is 2. The number of methoxy groups -OCH3 is 1. The van der Waals surface area contributed by atoms with E-state index in [2.05, 4.69) is 10.0 Å². The lowest BCUT2D eigenvalue weighted by molar-refractivity contribution is -0.128. The van der Waals surface area contributed by atoms with Crippen LogP contribution in [-0.4, -0.2) is 89.7 Å². The Morgan fingerprint density at radius 3 is 2.38 bits per heavy atom. The lowest BCUT2D eigenvalue weighted by Gasteiger charge is -2.33. The molecule has 0 bridgehead atoms. The molecule has 12 nitrogen and oxygen atoms in total. The Kier molecular flexibility index (Phi) is 12.6. The number of fused-ring (bicyclic) bond motifs is 1. The summed E-state index contributed by atoms with van der Waals surface area (Å²) in [7, 11) is -0.573. The number of aryl methyl sites for hydroxylation is 1. The number of rotatable bonds is 17. The molecule has 0 saturated carbocycles. The summed E-state index contributed by atoms with van der Waals surface area (Å²) < 4.78 is 37.1. The van der Waals surface area contributed by atoms with E-state index in [0.717, 1.165) is 22.4 Å². The number of ether oxygens (including phenoxy) is 1. The quantitative estimate of drug-likeness (QED) is 0.145. The minimum absolute atomic E-state index is 0.116. The first-order valence-electron chi connectivity index (χ1n) is 18.0. The van der Waals surface area contributed by atoms with Gasteiger partial charge in [0.05, 0.1) is 41.7 Å². The van der Waals surface area contributed by atoms with Crippen molar-refractivity contribution in [2.75, 3.05) is 26.7 Å². The molecule has 52 heavy (non-hydrogen) atoms. The van der Waals surface area contributed by atoms with Crippen molar-refractivity contribution in [3.8, 4) is 5.75 Å². The van der Waals surface area contributed by atoms with E-state index in [-0.39, 0.29) is 35.7 Å². The molecule has 0 spiro atoms. The second-order valence-corrected chi connectivity index (χ2v) is 15.8. The summed E-state index contributed by atoms with van der Waals surface area (Å²) in [4.78, 5) is 36.3. The molecule has 3 amide bonds. The topological polar surface area (TPSA) is 146 Å². The van der Waals surface area contributed by atoms with Crippen molar-refractivity contribution in [3.05, 3.63) is 89.7 Å². The van der Waals surface area contributed by atoms with Crippen molar-refractivity contribution in [2.24, 2.45) is 18.9 Å². The van der Waals surface area contributed by atoms with Gasteiger partial charge in [0.25, 0.3) is 0 Å². The highest BCUT2D eigenvalue weighted by Gasteiger charge is 2.41. The molecule has 4 aromatic rings. The second kappa shape index (κ2) is 16.9. The molecular formula is C39H52N6O6S. The van der Waals surface area contributed by atoms with E-state index >= 15 is 0 Å². The number of carbonyl (C=O) groups excluding carboxylic acids is 2. The zero-order valence-electron chi connectivity index (χ0n) is 31.0. The molecule has 0 unspecified atom stereocenters. The number of aliphatic hydroxyl groups is 1. The molecule has 3 N–H and O–H groups in total. The molecule has 1 fully saturated rings. The van der Waals surface area contributed by atoms with E-state index in [9.17, 15) is 23.1 Å². The standard InChI is InChI=1S/C39H52N6O6S/c1-7-27(4)37(45-20-19-44(39(45)48)25-36-41-31-15-11-12-16-33(31)43(36)5)38(47)42-32(22-28-13-9-8-10-14-28)34(46)24-40-52(49,50)35-18-17-30(51-6)23-29(35)21-26(2)3/h8-18,23,26-27,32,34,37,40,46H,7,19-22,24-25H2,1-6H3,(H,42,47)/t27-,32-,34+,37-/m0/s1. The summed E-state index contributed by atoms with van der Waals surface area (Å²) in [6.45, 7) is 8.68. The third-order valence-corrected chi connectivity index (χ3v) is 11.4. The number of sulfonamides is 1. The van der Waals surface area contributed by atoms with Gasteiger partial charge in [-0.25, -0.2) is 22.9 Å². The van der Waals surface area contributed by atoms with Crippen LogP contribution in [-0.2, 0) is 41.3 Å². The van der Waals surface area contributed by atoms with Gasteiger partial charge in [-0.15, -0.1) is 0 Å². The summed E-state index contributed by atoms with van der Waals surface area (Å²) in [5.74, 6) is 0.910. The van der Waals surface area contributed by atoms with E-state index in [1.165, 1.54) is 13.2 Å². The van der Waals surface area contributed by atoms with Crippen LogP contribution >= 0.6 is 0 Å². The Morgan fingerprint density at radius 2 is 1.71 bits per heavy atom. The molecule has 0 aliphatic carbocycles. The van der Waals surface area contributed by atoms with Gasteiger partial charge in [-0.3, -0.25) is 4.79 Å². The first-order chi connectivity index (χ1) is 24.8. The Bertz CT molecular complexity index is 1950. The van der Waals surface area contributed by atoms with Crippen LogP contribution in [0, 0.1) is 11.8 Å². The van der Waals surface area contributed by atoms with Crippen molar-refractivity contribution >= 4 is 33.0 Å². The third-order valence-electron chi connectivity index (χ3n) is 9.88. The van der Waals surface area contributed by atoms with Crippen molar-refractivity contribution in [1.29, 1.82) is 0 Å². The Hall–Kier alpha value is -4.46. The number of imidazole rings is 1. The van der Waals surface area contributed by atoms with Crippen molar-refractivity contribution in [1.82, 2.24) is 29.4 Å². The minimum Gasteiger partial charge on any atom is -0.497 e. The number of carbonyl (C=O) groups is 2. The van der Waals surface area contributed by atoms with E-state index in [4.69, 9.17) is 9.72 Å². The summed E-state index contributed by atoms with van der Waals surface area (Å²) in [5, 5.41) is 14.6. The van der Waals surface area contributed by atoms with Crippen molar-refractivity contribution in [3.63, 3.8) is 0 Å². The summed E-state index contributed by atoms with van der Waals surface area (Å²) in [5.41, 5.74) is 3.30. The monoisotopic (exact) mass is 732 g/mol. The van der Waals surface area contributed by atoms with Crippen LogP contribution in [0.4, 0.5) is 4.79 Å². The van der Waals surface area contributed by atoms with Gasteiger partial charge in [0.15, 0.2) is 0 Å². The average Bonchev–Trinajstić information content (AvgIpc) is 3.64. The number of hydrogen-bond acceptors (Lipinski definition) is 7. The zero-order valence-corrected chi connectivity index (χ0v) is 31.8. The number of benzene rings is 3. The van der Waals surface area contributed by atoms with Crippen molar-refractivity contribution in [2.45, 2.75) is 76.6 Å². The molecule has 1 aromatic heterocycles. The fourth-order valence-corrected chi connectivity index (χ4v) is 8.10. The number of nitrogens with zero attached hydrogens (tertiary/aromatic N) is 4. The van der Waals surface area contributed by atoms with Crippen molar-refractivity contribution < 1.29 is 27.9 Å². The Morgan fingerprint density at radius 1 is 1.00 bits per heavy atom. The number of nitrogens with one attached hydrogen (secondary N) is 2. The van der Waals surface area contributed by atoms with Crippen LogP contribution in [0.5, 0.6) is 5.75 Å². The summed E-state index contributed by atoms with van der Waals surface area (Å²) in [6.07, 6.45) is 0.118. The van der Waals surface area contributed by atoms with Gasteiger partial charge in [-0.1, -0.05) is 76.6 Å². The van der Waals surface area contributed by atoms with Gasteiger partial charge in [0.1, 0.15) is 17.6 Å². The van der Waals surface area contributed by atoms with Gasteiger partial charge >= 0.3 is 6.03 Å². The summed E-state index contributed by atoms with van der Waals surface area (Å²) in [6, 6.07) is 20.1. The van der Waals surface area contributed by atoms with E-state index in [1.807, 2.05) is 93.9 Å². The molecule has 0 radical (unpaired) electrons. The van der Waals surface area contributed by atoms with E-state index in [0.29, 0.717) is 43.8 Å². The van der Waals surface area contributed by atoms with Crippen LogP contribution < -0.4 is 14.8 Å². The highest BCUT2D eigenvalue weighted by atomic mass is 32.2. The largest absolute Gasteiger partial charge is 0.497 e. The van der Waals surface area contributed by atoms with Crippen LogP contribution in [0.25, 0.3) is 11.0 Å². The number of hydrogen-bond donors (Lipinski definition) is 3. The van der Waals surface area contributed by atoms with Crippen LogP contribution in [0.3, 0.4) is 0 Å². The number of aliphatic hydroxyl groups excluding tert-OH is 1. The fraction of sp³-hybridized carbons (Fsp3) is 0.462. The highest BCUT2D eigenvalue weighted by Crippen LogP contribution is 2.26. The molecule has 3 aromatic carbocycles. The Labute approximate surface area is 307 Å². The number of para-hydroxylation sites is 2. The first kappa shape index (κ1) is 38.8. The Balaban J connectivity index is 1.34. The van der Waals surface area contributed by atoms with Crippen LogP contribution in [0.1, 0.15) is 51.1 Å².